The molecule has 1 saturated carbocycles. The van der Waals surface area contributed by atoms with Crippen molar-refractivity contribution in [1.82, 2.24) is 25.0 Å². The summed E-state index contributed by atoms with van der Waals surface area (Å²) < 4.78 is 18.1. The van der Waals surface area contributed by atoms with Crippen molar-refractivity contribution in [2.24, 2.45) is 0 Å². The highest BCUT2D eigenvalue weighted by Crippen LogP contribution is 2.33. The monoisotopic (exact) mass is 828 g/mol. The summed E-state index contributed by atoms with van der Waals surface area (Å²) in [6, 6.07) is 15.0. The van der Waals surface area contributed by atoms with Gasteiger partial charge in [0, 0.05) is 63.2 Å². The number of piperidine rings is 1. The summed E-state index contributed by atoms with van der Waals surface area (Å²) in [6.45, 7) is 12.1. The smallest absolute Gasteiger partial charge is 0.273 e. The van der Waals surface area contributed by atoms with Crippen LogP contribution in [-0.2, 0) is 38.4 Å². The number of rotatable bonds is 18. The van der Waals surface area contributed by atoms with Gasteiger partial charge >= 0.3 is 0 Å². The van der Waals surface area contributed by atoms with Gasteiger partial charge in [-0.2, -0.15) is 0 Å². The lowest BCUT2D eigenvalue weighted by molar-refractivity contribution is -0.135. The molecule has 2 saturated heterocycles. The Bertz CT molecular complexity index is 1850. The van der Waals surface area contributed by atoms with Gasteiger partial charge in [0.05, 0.1) is 42.5 Å². The van der Waals surface area contributed by atoms with E-state index in [9.17, 15) is 14.4 Å². The molecule has 0 unspecified atom stereocenters. The number of anilines is 1. The second-order valence-corrected chi connectivity index (χ2v) is 17.9. The molecule has 3 amide bonds. The number of hydrogen-bond donors (Lipinski definition) is 2. The number of morpholine rings is 1. The Kier molecular flexibility index (Phi) is 15.4. The quantitative estimate of drug-likeness (QED) is 0.140. The van der Waals surface area contributed by atoms with Crippen molar-refractivity contribution in [3.05, 3.63) is 75.2 Å². The van der Waals surface area contributed by atoms with Gasteiger partial charge in [-0.15, -0.1) is 11.3 Å². The Labute approximate surface area is 354 Å². The number of carbonyl (C=O) groups is 3. The number of amides is 3. The number of benzene rings is 2. The molecule has 3 aromatic rings. The molecule has 59 heavy (non-hydrogen) atoms. The van der Waals surface area contributed by atoms with Gasteiger partial charge in [0.2, 0.25) is 5.91 Å². The van der Waals surface area contributed by atoms with Gasteiger partial charge in [-0.05, 0) is 74.2 Å². The summed E-state index contributed by atoms with van der Waals surface area (Å²) >= 11 is 1.57. The molecular formula is C46H64N6O6S. The van der Waals surface area contributed by atoms with Crippen LogP contribution in [0.25, 0.3) is 0 Å². The Morgan fingerprint density at radius 2 is 1.85 bits per heavy atom. The molecule has 12 nitrogen and oxygen atoms in total. The summed E-state index contributed by atoms with van der Waals surface area (Å²) in [5.41, 5.74) is 4.72. The van der Waals surface area contributed by atoms with Crippen LogP contribution in [0, 0.1) is 0 Å². The maximum atomic E-state index is 13.5. The van der Waals surface area contributed by atoms with E-state index >= 15 is 0 Å². The average molecular weight is 829 g/mol. The number of carbonyl (C=O) groups excluding carboxylic acids is 3. The third-order valence-corrected chi connectivity index (χ3v) is 13.4. The fourth-order valence-corrected chi connectivity index (χ4v) is 9.81. The van der Waals surface area contributed by atoms with E-state index in [1.807, 2.05) is 28.5 Å². The first-order valence-corrected chi connectivity index (χ1v) is 22.9. The van der Waals surface area contributed by atoms with Crippen LogP contribution in [0.15, 0.2) is 47.8 Å². The van der Waals surface area contributed by atoms with Crippen molar-refractivity contribution in [2.45, 2.75) is 109 Å². The molecule has 2 N–H and O–H groups in total. The lowest BCUT2D eigenvalue weighted by Crippen LogP contribution is -2.58. The predicted molar refractivity (Wildman–Crippen MR) is 231 cm³/mol. The van der Waals surface area contributed by atoms with Crippen molar-refractivity contribution < 1.29 is 28.6 Å². The van der Waals surface area contributed by atoms with Crippen LogP contribution in [-0.4, -0.2) is 121 Å². The van der Waals surface area contributed by atoms with Crippen LogP contribution >= 0.6 is 11.3 Å². The number of nitrogens with zero attached hydrogens (tertiary/aromatic N) is 4. The number of aryl methyl sites for hydroxylation is 1. The SMILES string of the molecule is CC(C)c1nc(C(=O)N2CCOC3(CCN(Cc4cccc(CCCOCCC(=O)N(CCNCCc5cccc6c5OCC(=O)N6)C5CCCCC5)c4)CC3)C2)cs1. The van der Waals surface area contributed by atoms with E-state index in [0.717, 1.165) is 99.7 Å². The number of aromatic nitrogens is 1. The number of nitrogens with one attached hydrogen (secondary N) is 2. The fraction of sp³-hybridized carbons (Fsp3) is 0.609. The summed E-state index contributed by atoms with van der Waals surface area (Å²) in [4.78, 5) is 49.7. The average Bonchev–Trinajstić information content (AvgIpc) is 3.76. The molecule has 2 aromatic carbocycles. The number of likely N-dealkylation sites (tertiary alicyclic amines) is 1. The molecule has 3 aliphatic heterocycles. The molecule has 0 radical (unpaired) electrons. The van der Waals surface area contributed by atoms with Gasteiger partial charge in [0.1, 0.15) is 11.4 Å². The molecular weight excluding hydrogens is 765 g/mol. The first kappa shape index (κ1) is 43.2. The maximum Gasteiger partial charge on any atom is 0.273 e. The molecule has 4 heterocycles. The van der Waals surface area contributed by atoms with Gasteiger partial charge in [-0.25, -0.2) is 4.98 Å². The van der Waals surface area contributed by atoms with Crippen molar-refractivity contribution >= 4 is 34.7 Å². The minimum Gasteiger partial charge on any atom is -0.481 e. The third kappa shape index (κ3) is 11.9. The molecule has 3 fully saturated rings. The van der Waals surface area contributed by atoms with Gasteiger partial charge in [-0.1, -0.05) is 69.5 Å². The highest BCUT2D eigenvalue weighted by molar-refractivity contribution is 7.09. The van der Waals surface area contributed by atoms with Crippen LogP contribution < -0.4 is 15.4 Å². The largest absolute Gasteiger partial charge is 0.481 e. The third-order valence-electron chi connectivity index (χ3n) is 12.3. The summed E-state index contributed by atoms with van der Waals surface area (Å²) in [5.74, 6) is 1.17. The van der Waals surface area contributed by atoms with Gasteiger partial charge in [-0.3, -0.25) is 19.3 Å². The standard InChI is InChI=1S/C46H64N6O6S/c1-34(2)44-49-40(32-59-44)45(55)51-25-28-58-46(33-51)18-22-50(23-19-46)30-36-10-6-9-35(29-36)11-8-26-56-27-17-42(54)52(38-13-4-3-5-14-38)24-21-47-20-16-37-12-7-15-39-43(37)57-31-41(53)48-39/h6-7,9-10,12,15,29,32,34,38,47H,3-5,8,11,13-14,16-28,30-31,33H2,1-2H3,(H,48,53). The Balaban J connectivity index is 0.790. The van der Waals surface area contributed by atoms with Crippen molar-refractivity contribution in [1.29, 1.82) is 0 Å². The second kappa shape index (κ2) is 21.1. The van der Waals surface area contributed by atoms with Crippen LogP contribution in [0.1, 0.15) is 110 Å². The molecule has 1 aromatic heterocycles. The number of thiazole rings is 1. The first-order valence-electron chi connectivity index (χ1n) is 22.1. The Morgan fingerprint density at radius 3 is 2.66 bits per heavy atom. The summed E-state index contributed by atoms with van der Waals surface area (Å²) in [7, 11) is 0. The zero-order chi connectivity index (χ0) is 41.0. The number of fused-ring (bicyclic) bond motifs is 1. The molecule has 0 atom stereocenters. The Morgan fingerprint density at radius 1 is 1.03 bits per heavy atom. The number of hydrogen-bond acceptors (Lipinski definition) is 10. The highest BCUT2D eigenvalue weighted by Gasteiger charge is 2.41. The lowest BCUT2D eigenvalue weighted by atomic mass is 9.89. The lowest BCUT2D eigenvalue weighted by Gasteiger charge is -2.47. The number of para-hydroxylation sites is 1. The van der Waals surface area contributed by atoms with Crippen molar-refractivity contribution in [3.8, 4) is 5.75 Å². The minimum absolute atomic E-state index is 0.0280. The maximum absolute atomic E-state index is 13.5. The van der Waals surface area contributed by atoms with Crippen LogP contribution in [0.3, 0.4) is 0 Å². The van der Waals surface area contributed by atoms with E-state index in [2.05, 4.69) is 63.5 Å². The normalized spacial score (nSPS) is 18.4. The van der Waals surface area contributed by atoms with E-state index in [1.54, 1.807) is 11.3 Å². The van der Waals surface area contributed by atoms with Crippen molar-refractivity contribution in [3.63, 3.8) is 0 Å². The van der Waals surface area contributed by atoms with E-state index in [-0.39, 0.29) is 29.9 Å². The second-order valence-electron chi connectivity index (χ2n) is 17.1. The molecule has 0 bridgehead atoms. The Hall–Kier alpha value is -3.88. The van der Waals surface area contributed by atoms with Gasteiger partial charge < -0.3 is 34.6 Å². The highest BCUT2D eigenvalue weighted by atomic mass is 32.1. The van der Waals surface area contributed by atoms with E-state index in [0.29, 0.717) is 63.5 Å². The van der Waals surface area contributed by atoms with E-state index in [4.69, 9.17) is 14.2 Å². The molecule has 4 aliphatic rings. The van der Waals surface area contributed by atoms with Gasteiger partial charge in [0.25, 0.3) is 11.8 Å². The molecule has 1 spiro atoms. The van der Waals surface area contributed by atoms with Crippen LogP contribution in [0.4, 0.5) is 5.69 Å². The zero-order valence-corrected chi connectivity index (χ0v) is 36.0. The number of ether oxygens (including phenoxy) is 3. The predicted octanol–water partition coefficient (Wildman–Crippen LogP) is 6.44. The molecule has 7 rings (SSSR count). The topological polar surface area (TPSA) is 126 Å². The summed E-state index contributed by atoms with van der Waals surface area (Å²) in [6.07, 6.45) is 10.6. The zero-order valence-electron chi connectivity index (χ0n) is 35.2. The minimum atomic E-state index is -0.276. The molecule has 13 heteroatoms. The van der Waals surface area contributed by atoms with E-state index in [1.165, 1.54) is 30.4 Å². The van der Waals surface area contributed by atoms with E-state index < -0.39 is 0 Å². The van der Waals surface area contributed by atoms with Gasteiger partial charge in [0.15, 0.2) is 6.61 Å². The first-order chi connectivity index (χ1) is 28.7. The summed E-state index contributed by atoms with van der Waals surface area (Å²) in [5, 5.41) is 9.33. The molecule has 1 aliphatic carbocycles. The molecule has 320 valence electrons. The van der Waals surface area contributed by atoms with Crippen LogP contribution in [0.5, 0.6) is 5.75 Å². The fourth-order valence-electron chi connectivity index (χ4n) is 9.00. The van der Waals surface area contributed by atoms with Crippen LogP contribution in [0.2, 0.25) is 0 Å². The van der Waals surface area contributed by atoms with Crippen molar-refractivity contribution in [2.75, 3.05) is 77.6 Å².